The maximum absolute atomic E-state index is 14.9. The summed E-state index contributed by atoms with van der Waals surface area (Å²) in [5.41, 5.74) is 8.33. The van der Waals surface area contributed by atoms with E-state index >= 15 is 0 Å². The molecule has 1 aliphatic carbocycles. The molecule has 2 unspecified atom stereocenters. The number of hydrogen-bond donors (Lipinski definition) is 2. The van der Waals surface area contributed by atoms with Crippen LogP contribution >= 0.6 is 34.7 Å². The number of nitrogens with one attached hydrogen (secondary N) is 1. The Bertz CT molecular complexity index is 1960. The Morgan fingerprint density at radius 1 is 1.23 bits per heavy atom. The molecule has 15 heteroatoms. The van der Waals surface area contributed by atoms with Gasteiger partial charge in [0.15, 0.2) is 5.13 Å². The van der Waals surface area contributed by atoms with Crippen LogP contribution in [0.25, 0.3) is 32.2 Å². The number of ether oxygens (including phenoxy) is 2. The molecule has 0 bridgehead atoms. The molecule has 0 spiro atoms. The molecule has 254 valence electrons. The fourth-order valence-corrected chi connectivity index (χ4v) is 9.42. The summed E-state index contributed by atoms with van der Waals surface area (Å²) in [6.45, 7) is 2.79. The van der Waals surface area contributed by atoms with Gasteiger partial charge < -0.3 is 25.4 Å². The highest BCUT2D eigenvalue weighted by molar-refractivity contribution is 7.99. The van der Waals surface area contributed by atoms with E-state index in [2.05, 4.69) is 31.2 Å². The van der Waals surface area contributed by atoms with E-state index < -0.39 is 0 Å². The number of nitrogens with zero attached hydrogens (tertiary/aromatic N) is 6. The molecule has 2 aromatic heterocycles. The van der Waals surface area contributed by atoms with Crippen molar-refractivity contribution in [2.45, 2.75) is 61.2 Å². The number of aromatic nitrogens is 3. The molecular weight excluding hydrogens is 675 g/mol. The van der Waals surface area contributed by atoms with Gasteiger partial charge in [0.25, 0.3) is 0 Å². The molecule has 2 aromatic carbocycles. The Morgan fingerprint density at radius 2 is 2.06 bits per heavy atom. The summed E-state index contributed by atoms with van der Waals surface area (Å²) >= 11 is 9.90. The molecule has 11 nitrogen and oxygen atoms in total. The van der Waals surface area contributed by atoms with Crippen LogP contribution in [-0.4, -0.2) is 91.5 Å². The summed E-state index contributed by atoms with van der Waals surface area (Å²) in [5, 5.41) is 4.90. The highest BCUT2D eigenvalue weighted by Crippen LogP contribution is 2.49. The number of aliphatic imine (C=N–C) groups is 2. The van der Waals surface area contributed by atoms with E-state index in [9.17, 15) is 9.18 Å². The highest BCUT2D eigenvalue weighted by atomic mass is 35.5. The van der Waals surface area contributed by atoms with E-state index in [1.807, 2.05) is 13.1 Å². The second kappa shape index (κ2) is 14.4. The van der Waals surface area contributed by atoms with Crippen LogP contribution in [0.1, 0.15) is 38.1 Å². The number of nitrogen functional groups attached to an aromatic ring is 1. The maximum Gasteiger partial charge on any atom is 0.350 e. The fourth-order valence-electron chi connectivity index (χ4n) is 6.99. The van der Waals surface area contributed by atoms with E-state index in [0.717, 1.165) is 59.2 Å². The Morgan fingerprint density at radius 3 is 2.83 bits per heavy atom. The lowest BCUT2D eigenvalue weighted by atomic mass is 10.0. The number of anilines is 2. The van der Waals surface area contributed by atoms with Gasteiger partial charge in [0.1, 0.15) is 11.6 Å². The number of hydrogen-bond acceptors (Lipinski definition) is 12. The summed E-state index contributed by atoms with van der Waals surface area (Å²) in [7, 11) is 3.62. The lowest BCUT2D eigenvalue weighted by Gasteiger charge is -2.34. The summed E-state index contributed by atoms with van der Waals surface area (Å²) < 4.78 is 28.5. The molecule has 1 saturated heterocycles. The lowest BCUT2D eigenvalue weighted by molar-refractivity contribution is 0.0389. The minimum atomic E-state index is -0.386. The number of fused-ring (bicyclic) bond motifs is 1. The molecule has 4 heterocycles. The number of thioether (sulfide) groups is 1. The molecule has 0 radical (unpaired) electrons. The normalized spacial score (nSPS) is 21.2. The van der Waals surface area contributed by atoms with Crippen LogP contribution in [0.5, 0.6) is 0 Å². The highest BCUT2D eigenvalue weighted by Gasteiger charge is 2.33. The predicted octanol–water partition coefficient (Wildman–Crippen LogP) is 5.64. The molecule has 7 rings (SSSR count). The van der Waals surface area contributed by atoms with Gasteiger partial charge in [-0.3, -0.25) is 4.57 Å². The number of benzene rings is 2. The first kappa shape index (κ1) is 33.4. The van der Waals surface area contributed by atoms with Gasteiger partial charge in [-0.05, 0) is 57.4 Å². The van der Waals surface area contributed by atoms with Crippen molar-refractivity contribution in [2.75, 3.05) is 63.4 Å². The largest absolute Gasteiger partial charge is 0.383 e. The second-order valence-corrected chi connectivity index (χ2v) is 14.9. The van der Waals surface area contributed by atoms with Crippen LogP contribution < -0.4 is 21.6 Å². The third-order valence-corrected chi connectivity index (χ3v) is 11.9. The van der Waals surface area contributed by atoms with Crippen molar-refractivity contribution in [2.24, 2.45) is 9.98 Å². The van der Waals surface area contributed by atoms with Crippen LogP contribution in [0.3, 0.4) is 0 Å². The van der Waals surface area contributed by atoms with Crippen LogP contribution in [0, 0.1) is 5.82 Å². The SMILES string of the molecule is CNC1CCC(OC[C@H]2CSc3c(-c4ccc(F)c5sc(N)nc45)c(Cl)cc4c(N5CCC(N=C=NCCOC)CC5)nc(=O)n2c34)C1. The van der Waals surface area contributed by atoms with Gasteiger partial charge in [-0.15, -0.1) is 11.8 Å². The number of nitrogens with two attached hydrogens (primary N) is 1. The van der Waals surface area contributed by atoms with Crippen LogP contribution in [0.2, 0.25) is 5.02 Å². The third kappa shape index (κ3) is 6.47. The average Bonchev–Trinajstić information content (AvgIpc) is 3.73. The molecule has 3 aliphatic rings. The number of methoxy groups -OCH3 is 1. The van der Waals surface area contributed by atoms with Gasteiger partial charge in [0.05, 0.1) is 64.7 Å². The minimum absolute atomic E-state index is 0.0884. The van der Waals surface area contributed by atoms with Crippen molar-refractivity contribution in [3.8, 4) is 11.1 Å². The minimum Gasteiger partial charge on any atom is -0.383 e. The van der Waals surface area contributed by atoms with Crippen molar-refractivity contribution in [1.82, 2.24) is 19.9 Å². The zero-order valence-corrected chi connectivity index (χ0v) is 29.3. The second-order valence-electron chi connectivity index (χ2n) is 12.4. The Labute approximate surface area is 290 Å². The van der Waals surface area contributed by atoms with E-state index in [0.29, 0.717) is 76.8 Å². The van der Waals surface area contributed by atoms with Crippen LogP contribution in [0.15, 0.2) is 37.9 Å². The zero-order valence-electron chi connectivity index (χ0n) is 26.9. The quantitative estimate of drug-likeness (QED) is 0.158. The van der Waals surface area contributed by atoms with Gasteiger partial charge >= 0.3 is 5.69 Å². The van der Waals surface area contributed by atoms with Crippen molar-refractivity contribution in [1.29, 1.82) is 0 Å². The monoisotopic (exact) mass is 712 g/mol. The van der Waals surface area contributed by atoms with E-state index in [1.165, 1.54) is 6.07 Å². The average molecular weight is 713 g/mol. The lowest BCUT2D eigenvalue weighted by Crippen LogP contribution is -2.40. The first-order valence-electron chi connectivity index (χ1n) is 16.3. The Kier molecular flexibility index (Phi) is 10.0. The van der Waals surface area contributed by atoms with Crippen LogP contribution in [-0.2, 0) is 9.47 Å². The molecule has 3 atom stereocenters. The van der Waals surface area contributed by atoms with Crippen LogP contribution in [0.4, 0.5) is 15.3 Å². The molecule has 0 amide bonds. The molecule has 2 fully saturated rings. The maximum atomic E-state index is 14.9. The molecular formula is C33H38ClFN8O3S2. The molecule has 3 N–H and O–H groups in total. The predicted molar refractivity (Wildman–Crippen MR) is 192 cm³/mol. The topological polar surface area (TPSA) is 132 Å². The Balaban J connectivity index is 1.30. The third-order valence-electron chi connectivity index (χ3n) is 9.46. The summed E-state index contributed by atoms with van der Waals surface area (Å²) in [6.07, 6.45) is 4.70. The number of piperidine rings is 1. The van der Waals surface area contributed by atoms with Gasteiger partial charge in [-0.1, -0.05) is 22.9 Å². The molecule has 4 aromatic rings. The smallest absolute Gasteiger partial charge is 0.350 e. The summed E-state index contributed by atoms with van der Waals surface area (Å²) in [6, 6.07) is 8.14. The number of thiazole rings is 1. The van der Waals surface area contributed by atoms with Crippen molar-refractivity contribution in [3.63, 3.8) is 0 Å². The van der Waals surface area contributed by atoms with Gasteiger partial charge in [0.2, 0.25) is 0 Å². The van der Waals surface area contributed by atoms with E-state index in [-0.39, 0.29) is 34.8 Å². The van der Waals surface area contributed by atoms with E-state index in [4.69, 9.17) is 31.8 Å². The molecule has 48 heavy (non-hydrogen) atoms. The molecule has 2 aliphatic heterocycles. The van der Waals surface area contributed by atoms with E-state index in [1.54, 1.807) is 29.5 Å². The van der Waals surface area contributed by atoms with Crippen molar-refractivity contribution in [3.05, 3.63) is 39.5 Å². The first-order valence-corrected chi connectivity index (χ1v) is 18.4. The van der Waals surface area contributed by atoms with Gasteiger partial charge in [-0.25, -0.2) is 24.2 Å². The number of halogens is 2. The zero-order chi connectivity index (χ0) is 33.4. The number of rotatable bonds is 10. The van der Waals surface area contributed by atoms with Gasteiger partial charge in [-0.2, -0.15) is 4.98 Å². The van der Waals surface area contributed by atoms with Crippen molar-refractivity contribution >= 4 is 72.8 Å². The molecule has 1 saturated carbocycles. The standard InChI is InChI=1S/C33H38ClFN8O3S2/c1-37-19-3-4-21(13-19)46-15-20-16-47-30-26(22-5-6-25(35)29-27(22)40-32(36)48-29)24(34)14-23-28(30)43(20)33(44)41-31(23)42-10-7-18(8-11-42)39-17-38-9-12-45-2/h5-6,14,18-21,37H,3-4,7-13,15-16H2,1-2H3,(H2,36,40)/t19?,20-,21?/m0/s1. The van der Waals surface area contributed by atoms with Crippen molar-refractivity contribution < 1.29 is 13.9 Å². The summed E-state index contributed by atoms with van der Waals surface area (Å²) in [5.74, 6) is 0.814. The fraction of sp³-hybridized carbons (Fsp3) is 0.515. The van der Waals surface area contributed by atoms with Gasteiger partial charge in [0, 0.05) is 53.4 Å². The summed E-state index contributed by atoms with van der Waals surface area (Å²) in [4.78, 5) is 35.0. The Hall–Kier alpha value is -3.10. The first-order chi connectivity index (χ1) is 23.4.